The molecule has 5 nitrogen and oxygen atoms in total. The summed E-state index contributed by atoms with van der Waals surface area (Å²) < 4.78 is 20.0. The zero-order valence-corrected chi connectivity index (χ0v) is 15.1. The van der Waals surface area contributed by atoms with Gasteiger partial charge in [0.2, 0.25) is 0 Å². The molecule has 1 N–H and O–H groups in total. The molecule has 0 saturated heterocycles. The third-order valence-electron chi connectivity index (χ3n) is 3.37. The molecule has 0 fully saturated rings. The Hall–Kier alpha value is -2.15. The first-order valence-electron chi connectivity index (χ1n) is 7.45. The summed E-state index contributed by atoms with van der Waals surface area (Å²) in [6, 6.07) is 6.84. The molecule has 1 aliphatic heterocycles. The normalized spacial score (nSPS) is 13.5. The van der Waals surface area contributed by atoms with E-state index in [0.29, 0.717) is 23.6 Å². The van der Waals surface area contributed by atoms with Gasteiger partial charge in [0.1, 0.15) is 17.2 Å². The number of benzene rings is 1. The van der Waals surface area contributed by atoms with Crippen molar-refractivity contribution in [1.82, 2.24) is 4.98 Å². The van der Waals surface area contributed by atoms with E-state index >= 15 is 0 Å². The van der Waals surface area contributed by atoms with Crippen molar-refractivity contribution >= 4 is 39.2 Å². The second kappa shape index (κ2) is 6.05. The van der Waals surface area contributed by atoms with Gasteiger partial charge in [-0.2, -0.15) is 0 Å². The van der Waals surface area contributed by atoms with Gasteiger partial charge in [-0.3, -0.25) is 0 Å². The van der Waals surface area contributed by atoms with Gasteiger partial charge in [0.05, 0.1) is 17.6 Å². The summed E-state index contributed by atoms with van der Waals surface area (Å²) in [5.74, 6) is -0.0916. The molecular formula is C17H17BrFN3O2. The van der Waals surface area contributed by atoms with Crippen LogP contribution in [0.25, 0.3) is 0 Å². The van der Waals surface area contributed by atoms with E-state index < -0.39 is 17.5 Å². The standard InChI is InChI=1S/C17H17BrFN3O2/c1-17(2,3)24-16(23)22-14-5-4-11(18)7-13(14)20-8-10-6-12(19)9-21-15(10)22/h4-7,9,20H,8H2,1-3H3. The first-order valence-corrected chi connectivity index (χ1v) is 8.25. The Bertz CT molecular complexity index is 751. The Kier molecular flexibility index (Phi) is 4.21. The Morgan fingerprint density at radius 1 is 1.38 bits per heavy atom. The van der Waals surface area contributed by atoms with Crippen molar-refractivity contribution in [3.05, 3.63) is 46.3 Å². The van der Waals surface area contributed by atoms with Crippen LogP contribution in [0.4, 0.5) is 26.4 Å². The number of carbonyl (C=O) groups excluding carboxylic acids is 1. The van der Waals surface area contributed by atoms with Crippen molar-refractivity contribution in [2.45, 2.75) is 32.9 Å². The number of halogens is 2. The Labute approximate surface area is 148 Å². The molecule has 0 radical (unpaired) electrons. The smallest absolute Gasteiger partial charge is 0.420 e. The molecule has 7 heteroatoms. The number of carbonyl (C=O) groups is 1. The number of rotatable bonds is 0. The molecule has 1 aromatic carbocycles. The minimum atomic E-state index is -0.660. The summed E-state index contributed by atoms with van der Waals surface area (Å²) in [5.41, 5.74) is 1.25. The number of nitrogens with one attached hydrogen (secondary N) is 1. The molecule has 0 aliphatic carbocycles. The number of nitrogens with zero attached hydrogens (tertiary/aromatic N) is 2. The lowest BCUT2D eigenvalue weighted by Crippen LogP contribution is -2.34. The number of fused-ring (bicyclic) bond motifs is 2. The molecule has 2 heterocycles. The van der Waals surface area contributed by atoms with Crippen LogP contribution in [0.2, 0.25) is 0 Å². The Morgan fingerprint density at radius 3 is 2.83 bits per heavy atom. The van der Waals surface area contributed by atoms with Crippen LogP contribution in [0.15, 0.2) is 34.9 Å². The van der Waals surface area contributed by atoms with E-state index in [4.69, 9.17) is 4.74 Å². The highest BCUT2D eigenvalue weighted by molar-refractivity contribution is 9.10. The van der Waals surface area contributed by atoms with Gasteiger partial charge in [-0.15, -0.1) is 0 Å². The van der Waals surface area contributed by atoms with Crippen molar-refractivity contribution in [2.24, 2.45) is 0 Å². The van der Waals surface area contributed by atoms with Crippen molar-refractivity contribution in [3.8, 4) is 0 Å². The van der Waals surface area contributed by atoms with E-state index in [9.17, 15) is 9.18 Å². The number of amides is 1. The van der Waals surface area contributed by atoms with Crippen LogP contribution in [0.1, 0.15) is 26.3 Å². The summed E-state index contributed by atoms with van der Waals surface area (Å²) in [6.45, 7) is 5.73. The first-order chi connectivity index (χ1) is 11.2. The second-order valence-electron chi connectivity index (χ2n) is 6.47. The largest absolute Gasteiger partial charge is 0.443 e. The van der Waals surface area contributed by atoms with Crippen molar-refractivity contribution in [2.75, 3.05) is 10.2 Å². The van der Waals surface area contributed by atoms with Gasteiger partial charge in [-0.1, -0.05) is 15.9 Å². The molecule has 0 atom stereocenters. The van der Waals surface area contributed by atoms with Gasteiger partial charge in [0, 0.05) is 16.6 Å². The SMILES string of the molecule is CC(C)(C)OC(=O)N1c2ccc(Br)cc2NCc2cc(F)cnc21. The maximum atomic E-state index is 13.6. The van der Waals surface area contributed by atoms with Gasteiger partial charge in [0.15, 0.2) is 0 Å². The minimum Gasteiger partial charge on any atom is -0.443 e. The van der Waals surface area contributed by atoms with Gasteiger partial charge in [-0.25, -0.2) is 19.1 Å². The average molecular weight is 394 g/mol. The van der Waals surface area contributed by atoms with Crippen molar-refractivity contribution < 1.29 is 13.9 Å². The number of hydrogen-bond donors (Lipinski definition) is 1. The van der Waals surface area contributed by atoms with E-state index in [1.54, 1.807) is 26.8 Å². The highest BCUT2D eigenvalue weighted by Gasteiger charge is 2.31. The highest BCUT2D eigenvalue weighted by Crippen LogP contribution is 2.39. The fourth-order valence-electron chi connectivity index (χ4n) is 2.45. The van der Waals surface area contributed by atoms with Crippen LogP contribution in [0, 0.1) is 5.82 Å². The summed E-state index contributed by atoms with van der Waals surface area (Å²) in [7, 11) is 0. The molecule has 3 rings (SSSR count). The van der Waals surface area contributed by atoms with Gasteiger partial charge >= 0.3 is 6.09 Å². The van der Waals surface area contributed by atoms with Crippen LogP contribution in [0.3, 0.4) is 0 Å². The van der Waals surface area contributed by atoms with E-state index in [1.807, 2.05) is 12.1 Å². The number of pyridine rings is 1. The number of aromatic nitrogens is 1. The maximum absolute atomic E-state index is 13.6. The number of hydrogen-bond acceptors (Lipinski definition) is 4. The predicted octanol–water partition coefficient (Wildman–Crippen LogP) is 4.98. The van der Waals surface area contributed by atoms with Crippen molar-refractivity contribution in [3.63, 3.8) is 0 Å². The highest BCUT2D eigenvalue weighted by atomic mass is 79.9. The van der Waals surface area contributed by atoms with Gasteiger partial charge in [-0.05, 0) is 45.0 Å². The molecular weight excluding hydrogens is 377 g/mol. The molecule has 1 aliphatic rings. The lowest BCUT2D eigenvalue weighted by molar-refractivity contribution is 0.0598. The molecule has 0 saturated carbocycles. The fourth-order valence-corrected chi connectivity index (χ4v) is 2.81. The molecule has 0 unspecified atom stereocenters. The maximum Gasteiger partial charge on any atom is 0.420 e. The van der Waals surface area contributed by atoms with Crippen LogP contribution in [0.5, 0.6) is 0 Å². The number of anilines is 3. The van der Waals surface area contributed by atoms with Gasteiger partial charge < -0.3 is 10.1 Å². The second-order valence-corrected chi connectivity index (χ2v) is 7.38. The molecule has 0 spiro atoms. The predicted molar refractivity (Wildman–Crippen MR) is 94.0 cm³/mol. The quantitative estimate of drug-likeness (QED) is 0.685. The zero-order chi connectivity index (χ0) is 17.5. The monoisotopic (exact) mass is 393 g/mol. The summed E-state index contributed by atoms with van der Waals surface area (Å²) in [4.78, 5) is 18.3. The summed E-state index contributed by atoms with van der Waals surface area (Å²) in [5, 5.41) is 3.21. The third-order valence-corrected chi connectivity index (χ3v) is 3.86. The van der Waals surface area contributed by atoms with Crippen LogP contribution in [-0.2, 0) is 11.3 Å². The van der Waals surface area contributed by atoms with E-state index in [-0.39, 0.29) is 0 Å². The lowest BCUT2D eigenvalue weighted by Gasteiger charge is -2.27. The Balaban J connectivity index is 2.15. The van der Waals surface area contributed by atoms with Crippen LogP contribution < -0.4 is 10.2 Å². The van der Waals surface area contributed by atoms with Crippen LogP contribution >= 0.6 is 15.9 Å². The minimum absolute atomic E-state index is 0.350. The van der Waals surface area contributed by atoms with Crippen LogP contribution in [-0.4, -0.2) is 16.7 Å². The molecule has 126 valence electrons. The molecule has 24 heavy (non-hydrogen) atoms. The first kappa shape index (κ1) is 16.7. The zero-order valence-electron chi connectivity index (χ0n) is 13.6. The van der Waals surface area contributed by atoms with E-state index in [1.165, 1.54) is 11.0 Å². The summed E-state index contributed by atoms with van der Waals surface area (Å²) in [6.07, 6.45) is 0.537. The Morgan fingerprint density at radius 2 is 2.12 bits per heavy atom. The number of ether oxygens (including phenoxy) is 1. The van der Waals surface area contributed by atoms with E-state index in [2.05, 4.69) is 26.2 Å². The molecule has 0 bridgehead atoms. The molecule has 1 amide bonds. The van der Waals surface area contributed by atoms with Crippen molar-refractivity contribution in [1.29, 1.82) is 0 Å². The van der Waals surface area contributed by atoms with Gasteiger partial charge in [0.25, 0.3) is 0 Å². The average Bonchev–Trinajstić information content (AvgIpc) is 2.61. The van der Waals surface area contributed by atoms with E-state index in [0.717, 1.165) is 16.4 Å². The topological polar surface area (TPSA) is 54.5 Å². The summed E-state index contributed by atoms with van der Waals surface area (Å²) >= 11 is 3.42. The third kappa shape index (κ3) is 3.36. The lowest BCUT2D eigenvalue weighted by atomic mass is 10.2. The molecule has 2 aromatic rings. The fraction of sp³-hybridized carbons (Fsp3) is 0.294. The molecule has 1 aromatic heterocycles.